The van der Waals surface area contributed by atoms with E-state index in [-0.39, 0.29) is 31.4 Å². The van der Waals surface area contributed by atoms with Crippen LogP contribution in [0.4, 0.5) is 0 Å². The number of hydrogen-bond donors (Lipinski definition) is 3. The van der Waals surface area contributed by atoms with Crippen molar-refractivity contribution >= 4 is 11.8 Å². The molecule has 2 amide bonds. The quantitative estimate of drug-likeness (QED) is 0.445. The number of nitrogens with one attached hydrogen (secondary N) is 1. The van der Waals surface area contributed by atoms with Crippen molar-refractivity contribution in [1.82, 2.24) is 10.2 Å². The first kappa shape index (κ1) is 11.1. The predicted molar refractivity (Wildman–Crippen MR) is 47.3 cm³/mol. The SMILES string of the molecule is CN1C(=O)CC(NCC(O)CO)C1=O. The second kappa shape index (κ2) is 4.50. The van der Waals surface area contributed by atoms with E-state index < -0.39 is 12.1 Å². The van der Waals surface area contributed by atoms with Crippen molar-refractivity contribution in [2.24, 2.45) is 0 Å². The van der Waals surface area contributed by atoms with Gasteiger partial charge in [-0.3, -0.25) is 14.5 Å². The van der Waals surface area contributed by atoms with Gasteiger partial charge in [-0.15, -0.1) is 0 Å². The molecule has 0 aromatic rings. The second-order valence-electron chi connectivity index (χ2n) is 3.29. The molecule has 14 heavy (non-hydrogen) atoms. The van der Waals surface area contributed by atoms with Crippen molar-refractivity contribution in [2.75, 3.05) is 20.2 Å². The summed E-state index contributed by atoms with van der Waals surface area (Å²) in [6, 6.07) is -0.561. The van der Waals surface area contributed by atoms with Gasteiger partial charge in [-0.1, -0.05) is 0 Å². The zero-order valence-corrected chi connectivity index (χ0v) is 7.93. The van der Waals surface area contributed by atoms with Gasteiger partial charge in [-0.05, 0) is 0 Å². The van der Waals surface area contributed by atoms with Crippen LogP contribution in [-0.4, -0.2) is 59.3 Å². The molecule has 0 bridgehead atoms. The number of imide groups is 1. The van der Waals surface area contributed by atoms with Gasteiger partial charge in [-0.2, -0.15) is 0 Å². The Kier molecular flexibility index (Phi) is 3.56. The Morgan fingerprint density at radius 1 is 1.64 bits per heavy atom. The molecule has 0 aromatic carbocycles. The molecule has 0 aliphatic carbocycles. The maximum atomic E-state index is 11.3. The van der Waals surface area contributed by atoms with Gasteiger partial charge in [0, 0.05) is 13.6 Å². The summed E-state index contributed by atoms with van der Waals surface area (Å²) < 4.78 is 0. The molecule has 80 valence electrons. The molecule has 2 atom stereocenters. The lowest BCUT2D eigenvalue weighted by atomic mass is 10.2. The minimum atomic E-state index is -0.899. The number of aliphatic hydroxyl groups excluding tert-OH is 2. The largest absolute Gasteiger partial charge is 0.394 e. The van der Waals surface area contributed by atoms with E-state index in [4.69, 9.17) is 10.2 Å². The van der Waals surface area contributed by atoms with Crippen LogP contribution in [0.5, 0.6) is 0 Å². The number of nitrogens with zero attached hydrogens (tertiary/aromatic N) is 1. The Bertz CT molecular complexity index is 243. The van der Waals surface area contributed by atoms with E-state index in [1.807, 2.05) is 0 Å². The van der Waals surface area contributed by atoms with Crippen LogP contribution in [0.2, 0.25) is 0 Å². The molecule has 1 fully saturated rings. The van der Waals surface area contributed by atoms with Gasteiger partial charge >= 0.3 is 0 Å². The third-order valence-electron chi connectivity index (χ3n) is 2.19. The molecule has 0 radical (unpaired) electrons. The van der Waals surface area contributed by atoms with Gasteiger partial charge in [0.15, 0.2) is 0 Å². The number of carbonyl (C=O) groups is 2. The minimum absolute atomic E-state index is 0.105. The zero-order valence-electron chi connectivity index (χ0n) is 7.93. The van der Waals surface area contributed by atoms with Gasteiger partial charge in [0.2, 0.25) is 11.8 Å². The number of likely N-dealkylation sites (N-methyl/N-ethyl adjacent to an activating group) is 1. The molecule has 2 unspecified atom stereocenters. The van der Waals surface area contributed by atoms with Crippen molar-refractivity contribution < 1.29 is 19.8 Å². The third kappa shape index (κ3) is 2.28. The molecule has 1 rings (SSSR count). The molecule has 1 aliphatic rings. The highest BCUT2D eigenvalue weighted by atomic mass is 16.3. The highest BCUT2D eigenvalue weighted by Crippen LogP contribution is 2.09. The maximum Gasteiger partial charge on any atom is 0.246 e. The Balaban J connectivity index is 2.40. The fourth-order valence-corrected chi connectivity index (χ4v) is 1.26. The van der Waals surface area contributed by atoms with Gasteiger partial charge < -0.3 is 15.5 Å². The first-order valence-corrected chi connectivity index (χ1v) is 4.39. The van der Waals surface area contributed by atoms with Gasteiger partial charge in [0.1, 0.15) is 0 Å². The molecule has 0 saturated carbocycles. The predicted octanol–water partition coefficient (Wildman–Crippen LogP) is -2.31. The van der Waals surface area contributed by atoms with E-state index in [0.717, 1.165) is 4.90 Å². The highest BCUT2D eigenvalue weighted by molar-refractivity contribution is 6.05. The van der Waals surface area contributed by atoms with E-state index in [1.165, 1.54) is 7.05 Å². The second-order valence-corrected chi connectivity index (χ2v) is 3.29. The Labute approximate surface area is 81.5 Å². The normalized spacial score (nSPS) is 24.5. The highest BCUT2D eigenvalue weighted by Gasteiger charge is 2.35. The van der Waals surface area contributed by atoms with Crippen molar-refractivity contribution in [3.05, 3.63) is 0 Å². The summed E-state index contributed by atoms with van der Waals surface area (Å²) in [5.74, 6) is -0.522. The van der Waals surface area contributed by atoms with Crippen molar-refractivity contribution in [3.63, 3.8) is 0 Å². The fraction of sp³-hybridized carbons (Fsp3) is 0.750. The molecule has 1 saturated heterocycles. The molecule has 3 N–H and O–H groups in total. The molecule has 0 spiro atoms. The lowest BCUT2D eigenvalue weighted by Gasteiger charge is -2.13. The standard InChI is InChI=1S/C8H14N2O4/c1-10-7(13)2-6(8(10)14)9-3-5(12)4-11/h5-6,9,11-12H,2-4H2,1H3. The number of rotatable bonds is 4. The fourth-order valence-electron chi connectivity index (χ4n) is 1.26. The van der Waals surface area contributed by atoms with Crippen molar-refractivity contribution in [3.8, 4) is 0 Å². The monoisotopic (exact) mass is 202 g/mol. The molecule has 0 aromatic heterocycles. The number of aliphatic hydroxyl groups is 2. The van der Waals surface area contributed by atoms with E-state index in [1.54, 1.807) is 0 Å². The van der Waals surface area contributed by atoms with E-state index in [9.17, 15) is 9.59 Å². The lowest BCUT2D eigenvalue weighted by molar-refractivity contribution is -0.137. The smallest absolute Gasteiger partial charge is 0.246 e. The van der Waals surface area contributed by atoms with Gasteiger partial charge in [0.05, 0.1) is 25.2 Å². The molecule has 1 aliphatic heterocycles. The number of hydrogen-bond acceptors (Lipinski definition) is 5. The average Bonchev–Trinajstić information content (AvgIpc) is 2.42. The molecule has 6 heteroatoms. The Morgan fingerprint density at radius 2 is 2.29 bits per heavy atom. The van der Waals surface area contributed by atoms with Crippen LogP contribution in [0.1, 0.15) is 6.42 Å². The molecule has 6 nitrogen and oxygen atoms in total. The van der Waals surface area contributed by atoms with Crippen LogP contribution in [0.15, 0.2) is 0 Å². The molecule has 1 heterocycles. The summed E-state index contributed by atoms with van der Waals surface area (Å²) in [6.45, 7) is -0.258. The average molecular weight is 202 g/mol. The Hall–Kier alpha value is -0.980. The number of carbonyl (C=O) groups excluding carboxylic acids is 2. The summed E-state index contributed by atoms with van der Waals surface area (Å²) in [6.07, 6.45) is -0.781. The van der Waals surface area contributed by atoms with Gasteiger partial charge in [0.25, 0.3) is 0 Å². The number of amides is 2. The van der Waals surface area contributed by atoms with Crippen LogP contribution in [0, 0.1) is 0 Å². The third-order valence-corrected chi connectivity index (χ3v) is 2.19. The van der Waals surface area contributed by atoms with Crippen LogP contribution < -0.4 is 5.32 Å². The Morgan fingerprint density at radius 3 is 2.71 bits per heavy atom. The topological polar surface area (TPSA) is 89.9 Å². The summed E-state index contributed by atoms with van der Waals surface area (Å²) in [5.41, 5.74) is 0. The zero-order chi connectivity index (χ0) is 10.7. The lowest BCUT2D eigenvalue weighted by Crippen LogP contribution is -2.41. The van der Waals surface area contributed by atoms with E-state index >= 15 is 0 Å². The van der Waals surface area contributed by atoms with E-state index in [2.05, 4.69) is 5.32 Å². The summed E-state index contributed by atoms with van der Waals surface area (Å²) in [5, 5.41) is 20.3. The van der Waals surface area contributed by atoms with Crippen LogP contribution in [0.3, 0.4) is 0 Å². The van der Waals surface area contributed by atoms with Crippen LogP contribution in [0.25, 0.3) is 0 Å². The minimum Gasteiger partial charge on any atom is -0.394 e. The summed E-state index contributed by atoms with van der Waals surface area (Å²) in [7, 11) is 1.43. The van der Waals surface area contributed by atoms with Crippen molar-refractivity contribution in [2.45, 2.75) is 18.6 Å². The van der Waals surface area contributed by atoms with Crippen molar-refractivity contribution in [1.29, 1.82) is 0 Å². The first-order chi connectivity index (χ1) is 6.56. The molecular formula is C8H14N2O4. The van der Waals surface area contributed by atoms with Crippen LogP contribution in [-0.2, 0) is 9.59 Å². The maximum absolute atomic E-state index is 11.3. The molecular weight excluding hydrogens is 188 g/mol. The summed E-state index contributed by atoms with van der Waals surface area (Å²) in [4.78, 5) is 23.4. The van der Waals surface area contributed by atoms with E-state index in [0.29, 0.717) is 0 Å². The number of likely N-dealkylation sites (tertiary alicyclic amines) is 1. The van der Waals surface area contributed by atoms with Gasteiger partial charge in [-0.25, -0.2) is 0 Å². The summed E-state index contributed by atoms with van der Waals surface area (Å²) >= 11 is 0. The van der Waals surface area contributed by atoms with Crippen LogP contribution >= 0.6 is 0 Å². The first-order valence-electron chi connectivity index (χ1n) is 4.39.